The van der Waals surface area contributed by atoms with Crippen LogP contribution < -0.4 is 5.32 Å². The lowest BCUT2D eigenvalue weighted by molar-refractivity contribution is -0.134. The van der Waals surface area contributed by atoms with Crippen molar-refractivity contribution in [2.24, 2.45) is 17.3 Å². The van der Waals surface area contributed by atoms with Crippen LogP contribution in [0.2, 0.25) is 5.02 Å². The fourth-order valence-corrected chi connectivity index (χ4v) is 4.73. The molecule has 1 unspecified atom stereocenters. The van der Waals surface area contributed by atoms with Gasteiger partial charge in [0.2, 0.25) is 5.91 Å². The van der Waals surface area contributed by atoms with Crippen molar-refractivity contribution in [3.8, 4) is 0 Å². The fraction of sp³-hybridized carbons (Fsp3) is 0.600. The van der Waals surface area contributed by atoms with Crippen LogP contribution in [0.1, 0.15) is 42.5 Å². The van der Waals surface area contributed by atoms with E-state index in [4.69, 9.17) is 11.6 Å². The molecule has 0 radical (unpaired) electrons. The molecule has 2 saturated heterocycles. The van der Waals surface area contributed by atoms with E-state index >= 15 is 0 Å². The van der Waals surface area contributed by atoms with Gasteiger partial charge in [0.1, 0.15) is 0 Å². The molecule has 6 heteroatoms. The highest BCUT2D eigenvalue weighted by Gasteiger charge is 2.58. The summed E-state index contributed by atoms with van der Waals surface area (Å²) in [7, 11) is 0. The van der Waals surface area contributed by atoms with Crippen LogP contribution in [0.4, 0.5) is 0 Å². The van der Waals surface area contributed by atoms with E-state index in [0.717, 1.165) is 50.8 Å². The Hall–Kier alpha value is -1.10. The van der Waals surface area contributed by atoms with Gasteiger partial charge in [0, 0.05) is 35.5 Å². The highest BCUT2D eigenvalue weighted by atomic mass is 35.5. The number of Topliss-reactive ketones (excluding diaryl/α,β-unsaturated/α-hetero) is 1. The standard InChI is InChI=1S/C20H25ClN2O2.ClH/c21-16-3-1-14(2-4-16)18(24)15-5-11-23(12-6-15)19(25)17-13-20(17)7-9-22-10-8-20;/h1-4,15,17,22H,5-13H2;1H. The number of benzene rings is 1. The van der Waals surface area contributed by atoms with Gasteiger partial charge in [0.15, 0.2) is 5.78 Å². The van der Waals surface area contributed by atoms with Gasteiger partial charge in [-0.3, -0.25) is 9.59 Å². The summed E-state index contributed by atoms with van der Waals surface area (Å²) in [5.74, 6) is 0.777. The average molecular weight is 397 g/mol. The summed E-state index contributed by atoms with van der Waals surface area (Å²) in [5.41, 5.74) is 1.02. The highest BCUT2D eigenvalue weighted by Crippen LogP contribution is 2.59. The molecule has 0 aromatic heterocycles. The predicted molar refractivity (Wildman–Crippen MR) is 105 cm³/mol. The number of carbonyl (C=O) groups is 2. The lowest BCUT2D eigenvalue weighted by Gasteiger charge is -2.32. The van der Waals surface area contributed by atoms with Gasteiger partial charge in [0.05, 0.1) is 0 Å². The first-order chi connectivity index (χ1) is 12.1. The lowest BCUT2D eigenvalue weighted by atomic mass is 9.88. The first-order valence-corrected chi connectivity index (χ1v) is 9.76. The van der Waals surface area contributed by atoms with Crippen molar-refractivity contribution in [2.45, 2.75) is 32.1 Å². The monoisotopic (exact) mass is 396 g/mol. The van der Waals surface area contributed by atoms with Crippen molar-refractivity contribution in [1.82, 2.24) is 10.2 Å². The quantitative estimate of drug-likeness (QED) is 0.794. The Balaban J connectivity index is 0.00000196. The molecular formula is C20H26Cl2N2O2. The van der Waals surface area contributed by atoms with Crippen molar-refractivity contribution >= 4 is 35.7 Å². The third-order valence-corrected chi connectivity index (χ3v) is 6.65. The van der Waals surface area contributed by atoms with E-state index in [-0.39, 0.29) is 35.4 Å². The Morgan fingerprint density at radius 3 is 2.31 bits per heavy atom. The first kappa shape index (κ1) is 19.7. The van der Waals surface area contributed by atoms with Crippen molar-refractivity contribution in [1.29, 1.82) is 0 Å². The van der Waals surface area contributed by atoms with E-state index < -0.39 is 0 Å². The van der Waals surface area contributed by atoms with Crippen molar-refractivity contribution < 1.29 is 9.59 Å². The van der Waals surface area contributed by atoms with Gasteiger partial charge in [-0.15, -0.1) is 12.4 Å². The van der Waals surface area contributed by atoms with Gasteiger partial charge < -0.3 is 10.2 Å². The summed E-state index contributed by atoms with van der Waals surface area (Å²) in [5, 5.41) is 4.03. The number of rotatable bonds is 3. The van der Waals surface area contributed by atoms with E-state index in [2.05, 4.69) is 5.32 Å². The average Bonchev–Trinajstić information content (AvgIpc) is 3.34. The number of carbonyl (C=O) groups excluding carboxylic acids is 2. The summed E-state index contributed by atoms with van der Waals surface area (Å²) >= 11 is 5.89. The predicted octanol–water partition coefficient (Wildman–Crippen LogP) is 3.57. The molecule has 4 nitrogen and oxygen atoms in total. The second kappa shape index (κ2) is 7.87. The van der Waals surface area contributed by atoms with Crippen LogP contribution in [0.5, 0.6) is 0 Å². The van der Waals surface area contributed by atoms with Crippen LogP contribution in [0, 0.1) is 17.3 Å². The normalized spacial score (nSPS) is 24.8. The fourth-order valence-electron chi connectivity index (χ4n) is 4.61. The van der Waals surface area contributed by atoms with Gasteiger partial charge in [0.25, 0.3) is 0 Å². The summed E-state index contributed by atoms with van der Waals surface area (Å²) < 4.78 is 0. The molecular weight excluding hydrogens is 371 g/mol. The Labute approximate surface area is 166 Å². The number of amides is 1. The molecule has 1 amide bonds. The molecule has 3 aliphatic rings. The number of nitrogens with zero attached hydrogens (tertiary/aromatic N) is 1. The molecule has 1 atom stereocenters. The molecule has 3 fully saturated rings. The maximum Gasteiger partial charge on any atom is 0.226 e. The molecule has 1 N–H and O–H groups in total. The zero-order valence-electron chi connectivity index (χ0n) is 14.9. The molecule has 1 spiro atoms. The van der Waals surface area contributed by atoms with Crippen LogP contribution in [0.3, 0.4) is 0 Å². The molecule has 2 aliphatic heterocycles. The lowest BCUT2D eigenvalue weighted by Crippen LogP contribution is -2.42. The zero-order valence-corrected chi connectivity index (χ0v) is 16.5. The Morgan fingerprint density at radius 1 is 1.08 bits per heavy atom. The zero-order chi connectivity index (χ0) is 17.4. The first-order valence-electron chi connectivity index (χ1n) is 9.38. The Morgan fingerprint density at radius 2 is 1.69 bits per heavy atom. The number of hydrogen-bond donors (Lipinski definition) is 1. The topological polar surface area (TPSA) is 49.4 Å². The largest absolute Gasteiger partial charge is 0.342 e. The molecule has 0 bridgehead atoms. The molecule has 1 aromatic rings. The van der Waals surface area contributed by atoms with Gasteiger partial charge in [-0.25, -0.2) is 0 Å². The summed E-state index contributed by atoms with van der Waals surface area (Å²) in [4.78, 5) is 27.5. The smallest absolute Gasteiger partial charge is 0.226 e. The van der Waals surface area contributed by atoms with Crippen molar-refractivity contribution in [3.63, 3.8) is 0 Å². The minimum Gasteiger partial charge on any atom is -0.342 e. The summed E-state index contributed by atoms with van der Waals surface area (Å²) in [6, 6.07) is 7.12. The molecule has 1 aromatic carbocycles. The van der Waals surface area contributed by atoms with Crippen LogP contribution in [0.25, 0.3) is 0 Å². The van der Waals surface area contributed by atoms with Gasteiger partial charge in [-0.2, -0.15) is 0 Å². The molecule has 142 valence electrons. The molecule has 1 aliphatic carbocycles. The van der Waals surface area contributed by atoms with Crippen LogP contribution in [-0.2, 0) is 4.79 Å². The number of nitrogens with one attached hydrogen (secondary N) is 1. The number of ketones is 1. The minimum atomic E-state index is 0. The third-order valence-electron chi connectivity index (χ3n) is 6.39. The van der Waals surface area contributed by atoms with Gasteiger partial charge in [-0.1, -0.05) is 11.6 Å². The molecule has 2 heterocycles. The Kier molecular flexibility index (Phi) is 5.95. The number of likely N-dealkylation sites (tertiary alicyclic amines) is 1. The van der Waals surface area contributed by atoms with E-state index in [1.165, 1.54) is 0 Å². The Bertz CT molecular complexity index is 663. The minimum absolute atomic E-state index is 0. The van der Waals surface area contributed by atoms with Gasteiger partial charge in [-0.05, 0) is 74.9 Å². The summed E-state index contributed by atoms with van der Waals surface area (Å²) in [6.45, 7) is 3.52. The van der Waals surface area contributed by atoms with Crippen LogP contribution in [0.15, 0.2) is 24.3 Å². The maximum absolute atomic E-state index is 12.8. The molecule has 4 rings (SSSR count). The summed E-state index contributed by atoms with van der Waals surface area (Å²) in [6.07, 6.45) is 4.88. The second-order valence-electron chi connectivity index (χ2n) is 7.84. The van der Waals surface area contributed by atoms with E-state index in [1.54, 1.807) is 24.3 Å². The van der Waals surface area contributed by atoms with E-state index in [1.807, 2.05) is 4.90 Å². The molecule has 1 saturated carbocycles. The number of hydrogen-bond acceptors (Lipinski definition) is 3. The highest BCUT2D eigenvalue weighted by molar-refractivity contribution is 6.30. The number of piperidine rings is 2. The number of halogens is 2. The second-order valence-corrected chi connectivity index (χ2v) is 8.28. The van der Waals surface area contributed by atoms with Crippen LogP contribution in [-0.4, -0.2) is 42.8 Å². The van der Waals surface area contributed by atoms with E-state index in [9.17, 15) is 9.59 Å². The van der Waals surface area contributed by atoms with E-state index in [0.29, 0.717) is 24.0 Å². The van der Waals surface area contributed by atoms with Gasteiger partial charge >= 0.3 is 0 Å². The molecule has 26 heavy (non-hydrogen) atoms. The maximum atomic E-state index is 12.8. The SMILES string of the molecule is Cl.O=C(c1ccc(Cl)cc1)C1CCN(C(=O)C2CC23CCNCC3)CC1. The van der Waals surface area contributed by atoms with Crippen molar-refractivity contribution in [2.75, 3.05) is 26.2 Å². The van der Waals surface area contributed by atoms with Crippen molar-refractivity contribution in [3.05, 3.63) is 34.9 Å². The third kappa shape index (κ3) is 3.78. The van der Waals surface area contributed by atoms with Crippen LogP contribution >= 0.6 is 24.0 Å².